The zero-order valence-corrected chi connectivity index (χ0v) is 19.4. The summed E-state index contributed by atoms with van der Waals surface area (Å²) in [4.78, 5) is 25.3. The molecule has 2 aliphatic rings. The van der Waals surface area contributed by atoms with Crippen molar-refractivity contribution in [2.24, 2.45) is 11.8 Å². The van der Waals surface area contributed by atoms with Crippen LogP contribution < -0.4 is 9.99 Å². The third-order valence-corrected chi connectivity index (χ3v) is 7.02. The van der Waals surface area contributed by atoms with Crippen molar-refractivity contribution in [2.45, 2.75) is 88.4 Å². The standard InChI is InChI=1S/C24H34O7S/c25-23(12-11-18-7-3-1-4-8-18)29-21-15-20(16-22(17-21)32-31-30-27)24(26)28-14-13-19-9-5-2-6-10-19/h15-19,27H,1-14H2/p-1. The van der Waals surface area contributed by atoms with E-state index in [9.17, 15) is 14.8 Å². The lowest BCUT2D eigenvalue weighted by atomic mass is 9.86. The van der Waals surface area contributed by atoms with Crippen molar-refractivity contribution in [1.82, 2.24) is 0 Å². The molecule has 0 bridgehead atoms. The molecule has 8 heteroatoms. The summed E-state index contributed by atoms with van der Waals surface area (Å²) in [6.45, 7) is 0.359. The molecule has 178 valence electrons. The van der Waals surface area contributed by atoms with Gasteiger partial charge in [0.1, 0.15) is 5.75 Å². The highest BCUT2D eigenvalue weighted by Gasteiger charge is 2.18. The molecular weight excluding hydrogens is 432 g/mol. The van der Waals surface area contributed by atoms with Crippen LogP contribution in [0.1, 0.15) is 93.8 Å². The van der Waals surface area contributed by atoms with Crippen LogP contribution in [0.2, 0.25) is 0 Å². The van der Waals surface area contributed by atoms with Gasteiger partial charge in [0.15, 0.2) is 0 Å². The number of carbonyl (C=O) groups is 2. The Kier molecular flexibility index (Phi) is 10.8. The van der Waals surface area contributed by atoms with Gasteiger partial charge in [0.05, 0.1) is 24.2 Å². The maximum Gasteiger partial charge on any atom is 0.338 e. The van der Waals surface area contributed by atoms with Gasteiger partial charge in [-0.15, -0.1) is 0 Å². The maximum atomic E-state index is 12.6. The molecule has 3 rings (SSSR count). The predicted molar refractivity (Wildman–Crippen MR) is 117 cm³/mol. The molecule has 0 heterocycles. The smallest absolute Gasteiger partial charge is 0.338 e. The summed E-state index contributed by atoms with van der Waals surface area (Å²) in [5, 5.41) is 13.6. The summed E-state index contributed by atoms with van der Waals surface area (Å²) in [5.74, 6) is 0.579. The van der Waals surface area contributed by atoms with Gasteiger partial charge >= 0.3 is 11.9 Å². The molecule has 0 radical (unpaired) electrons. The van der Waals surface area contributed by atoms with Gasteiger partial charge in [-0.1, -0.05) is 64.2 Å². The molecule has 0 spiro atoms. The molecule has 7 nitrogen and oxygen atoms in total. The Morgan fingerprint density at radius 2 is 1.56 bits per heavy atom. The number of ether oxygens (including phenoxy) is 2. The van der Waals surface area contributed by atoms with Gasteiger partial charge in [-0.05, 0) is 42.9 Å². The minimum absolute atomic E-state index is 0.220. The summed E-state index contributed by atoms with van der Waals surface area (Å²) >= 11 is 0.642. The van der Waals surface area contributed by atoms with Crippen molar-refractivity contribution in [2.75, 3.05) is 6.61 Å². The third kappa shape index (κ3) is 8.73. The van der Waals surface area contributed by atoms with Gasteiger partial charge in [0.25, 0.3) is 0 Å². The number of rotatable bonds is 11. The Labute approximate surface area is 194 Å². The summed E-state index contributed by atoms with van der Waals surface area (Å²) < 4.78 is 15.3. The monoisotopic (exact) mass is 465 g/mol. The van der Waals surface area contributed by atoms with Crippen molar-refractivity contribution in [3.05, 3.63) is 23.8 Å². The summed E-state index contributed by atoms with van der Waals surface area (Å²) in [7, 11) is 0. The summed E-state index contributed by atoms with van der Waals surface area (Å²) in [5.41, 5.74) is 0.239. The van der Waals surface area contributed by atoms with Crippen LogP contribution in [0.3, 0.4) is 0 Å². The first-order valence-electron chi connectivity index (χ1n) is 11.8. The van der Waals surface area contributed by atoms with Crippen molar-refractivity contribution in [3.8, 4) is 5.75 Å². The van der Waals surface area contributed by atoms with Crippen LogP contribution in [0.15, 0.2) is 23.1 Å². The molecule has 2 fully saturated rings. The lowest BCUT2D eigenvalue weighted by Crippen LogP contribution is -2.14. The zero-order chi connectivity index (χ0) is 22.6. The largest absolute Gasteiger partial charge is 0.691 e. The van der Waals surface area contributed by atoms with Crippen molar-refractivity contribution in [1.29, 1.82) is 0 Å². The Bertz CT molecular complexity index is 727. The second-order valence-corrected chi connectivity index (χ2v) is 9.63. The number of benzene rings is 1. The van der Waals surface area contributed by atoms with E-state index in [1.165, 1.54) is 82.4 Å². The van der Waals surface area contributed by atoms with E-state index in [1.54, 1.807) is 0 Å². The molecule has 0 aromatic heterocycles. The Hall–Kier alpha value is -1.61. The van der Waals surface area contributed by atoms with Crippen LogP contribution in [0, 0.1) is 11.8 Å². The Balaban J connectivity index is 1.54. The van der Waals surface area contributed by atoms with E-state index in [-0.39, 0.29) is 17.3 Å². The highest BCUT2D eigenvalue weighted by Crippen LogP contribution is 2.30. The normalized spacial score (nSPS) is 17.8. The molecule has 0 amide bonds. The van der Waals surface area contributed by atoms with E-state index < -0.39 is 5.97 Å². The minimum Gasteiger partial charge on any atom is -0.691 e. The fourth-order valence-electron chi connectivity index (χ4n) is 4.71. The third-order valence-electron chi connectivity index (χ3n) is 6.47. The van der Waals surface area contributed by atoms with Crippen LogP contribution in [0.25, 0.3) is 0 Å². The van der Waals surface area contributed by atoms with E-state index in [4.69, 9.17) is 9.47 Å². The van der Waals surface area contributed by atoms with Crippen LogP contribution in [-0.2, 0) is 18.9 Å². The molecule has 0 unspecified atom stereocenters. The first kappa shape index (κ1) is 25.0. The topological polar surface area (TPSA) is 94.1 Å². The van der Waals surface area contributed by atoms with E-state index >= 15 is 0 Å². The summed E-state index contributed by atoms with van der Waals surface area (Å²) in [6, 6.07) is 4.54. The minimum atomic E-state index is -0.495. The van der Waals surface area contributed by atoms with Crippen molar-refractivity contribution >= 4 is 24.0 Å². The average Bonchev–Trinajstić information content (AvgIpc) is 2.82. The fourth-order valence-corrected chi connectivity index (χ4v) is 5.15. The second-order valence-electron chi connectivity index (χ2n) is 8.86. The lowest BCUT2D eigenvalue weighted by molar-refractivity contribution is -0.777. The van der Waals surface area contributed by atoms with E-state index in [0.717, 1.165) is 12.8 Å². The first-order chi connectivity index (χ1) is 15.6. The van der Waals surface area contributed by atoms with E-state index in [2.05, 4.69) is 9.37 Å². The molecule has 0 saturated heterocycles. The molecule has 32 heavy (non-hydrogen) atoms. The van der Waals surface area contributed by atoms with Crippen molar-refractivity contribution < 1.29 is 33.7 Å². The molecule has 1 aromatic carbocycles. The van der Waals surface area contributed by atoms with Crippen molar-refractivity contribution in [3.63, 3.8) is 0 Å². The summed E-state index contributed by atoms with van der Waals surface area (Å²) in [6.07, 6.45) is 14.2. The SMILES string of the molecule is O=C(CCC1CCCCC1)Oc1cc(SOO[O-])cc(C(=O)OCCC2CCCCC2)c1. The quantitative estimate of drug-likeness (QED) is 0.143. The van der Waals surface area contributed by atoms with Gasteiger partial charge in [0, 0.05) is 11.3 Å². The van der Waals surface area contributed by atoms with Crippen LogP contribution in [-0.4, -0.2) is 18.5 Å². The van der Waals surface area contributed by atoms with Gasteiger partial charge in [0.2, 0.25) is 0 Å². The van der Waals surface area contributed by atoms with Gasteiger partial charge < -0.3 is 14.7 Å². The predicted octanol–water partition coefficient (Wildman–Crippen LogP) is 5.31. The van der Waals surface area contributed by atoms with Gasteiger partial charge in [-0.2, -0.15) is 4.33 Å². The fraction of sp³-hybridized carbons (Fsp3) is 0.667. The Morgan fingerprint density at radius 1 is 0.906 bits per heavy atom. The number of hydrogen-bond donors (Lipinski definition) is 0. The van der Waals surface area contributed by atoms with Crippen LogP contribution >= 0.6 is 12.0 Å². The van der Waals surface area contributed by atoms with Crippen LogP contribution in [0.4, 0.5) is 0 Å². The van der Waals surface area contributed by atoms with E-state index in [0.29, 0.717) is 41.8 Å². The number of carbonyl (C=O) groups excluding carboxylic acids is 2. The zero-order valence-electron chi connectivity index (χ0n) is 18.6. The van der Waals surface area contributed by atoms with Crippen LogP contribution in [0.5, 0.6) is 5.75 Å². The molecule has 0 aliphatic heterocycles. The number of esters is 2. The molecule has 1 aromatic rings. The highest BCUT2D eigenvalue weighted by molar-refractivity contribution is 7.94. The number of hydrogen-bond acceptors (Lipinski definition) is 8. The lowest BCUT2D eigenvalue weighted by Gasteiger charge is -2.21. The molecule has 2 saturated carbocycles. The molecule has 0 atom stereocenters. The molecular formula is C24H33O7S-. The second kappa shape index (κ2) is 13.8. The molecule has 2 aliphatic carbocycles. The van der Waals surface area contributed by atoms with Gasteiger partial charge in [-0.25, -0.2) is 4.79 Å². The highest BCUT2D eigenvalue weighted by atomic mass is 32.2. The average molecular weight is 466 g/mol. The van der Waals surface area contributed by atoms with Gasteiger partial charge in [-0.3, -0.25) is 9.83 Å². The van der Waals surface area contributed by atoms with E-state index in [1.807, 2.05) is 0 Å². The maximum absolute atomic E-state index is 12.6. The Morgan fingerprint density at radius 3 is 2.22 bits per heavy atom. The molecule has 0 N–H and O–H groups in total. The first-order valence-corrected chi connectivity index (χ1v) is 12.5.